The van der Waals surface area contributed by atoms with E-state index in [-0.39, 0.29) is 5.56 Å². The van der Waals surface area contributed by atoms with Crippen molar-refractivity contribution in [3.05, 3.63) is 53.1 Å². The molecule has 88 valence electrons. The molecule has 1 N–H and O–H groups in total. The quantitative estimate of drug-likeness (QED) is 0.792. The lowest BCUT2D eigenvalue weighted by Crippen LogP contribution is -1.92. The summed E-state index contributed by atoms with van der Waals surface area (Å²) in [7, 11) is 0. The molecule has 0 saturated heterocycles. The van der Waals surface area contributed by atoms with Gasteiger partial charge in [-0.2, -0.15) is 4.39 Å². The predicted molar refractivity (Wildman–Crippen MR) is 62.9 cm³/mol. The number of benzene rings is 2. The SMILES string of the molecule is Cc1ccc(C)c(-c2ccc(O)c(F)c2F)c1. The van der Waals surface area contributed by atoms with Crippen molar-refractivity contribution in [3.63, 3.8) is 0 Å². The summed E-state index contributed by atoms with van der Waals surface area (Å²) in [6.45, 7) is 3.72. The minimum absolute atomic E-state index is 0.168. The molecule has 0 bridgehead atoms. The summed E-state index contributed by atoms with van der Waals surface area (Å²) in [5.41, 5.74) is 2.64. The Kier molecular flexibility index (Phi) is 2.84. The van der Waals surface area contributed by atoms with Crippen molar-refractivity contribution in [2.75, 3.05) is 0 Å². The molecule has 2 rings (SSSR count). The first kappa shape index (κ1) is 11.6. The summed E-state index contributed by atoms with van der Waals surface area (Å²) in [5.74, 6) is -2.89. The average Bonchev–Trinajstić information content (AvgIpc) is 2.30. The predicted octanol–water partition coefficient (Wildman–Crippen LogP) is 3.95. The topological polar surface area (TPSA) is 20.2 Å². The zero-order valence-electron chi connectivity index (χ0n) is 9.59. The van der Waals surface area contributed by atoms with Gasteiger partial charge >= 0.3 is 0 Å². The van der Waals surface area contributed by atoms with Crippen LogP contribution < -0.4 is 0 Å². The van der Waals surface area contributed by atoms with E-state index in [2.05, 4.69) is 0 Å². The molecule has 0 amide bonds. The van der Waals surface area contributed by atoms with E-state index in [1.807, 2.05) is 26.0 Å². The van der Waals surface area contributed by atoms with Crippen LogP contribution in [0.4, 0.5) is 8.78 Å². The van der Waals surface area contributed by atoms with Gasteiger partial charge in [0.1, 0.15) is 0 Å². The van der Waals surface area contributed by atoms with Crippen LogP contribution in [-0.2, 0) is 0 Å². The number of halogens is 2. The maximum absolute atomic E-state index is 13.7. The Labute approximate surface area is 98.3 Å². The lowest BCUT2D eigenvalue weighted by Gasteiger charge is -2.09. The van der Waals surface area contributed by atoms with Crippen molar-refractivity contribution in [1.29, 1.82) is 0 Å². The largest absolute Gasteiger partial charge is 0.505 e. The fourth-order valence-electron chi connectivity index (χ4n) is 1.77. The fourth-order valence-corrected chi connectivity index (χ4v) is 1.77. The van der Waals surface area contributed by atoms with Crippen molar-refractivity contribution in [2.45, 2.75) is 13.8 Å². The monoisotopic (exact) mass is 234 g/mol. The van der Waals surface area contributed by atoms with E-state index in [9.17, 15) is 8.78 Å². The maximum atomic E-state index is 13.7. The Balaban J connectivity index is 2.69. The molecule has 0 atom stereocenters. The molecule has 0 radical (unpaired) electrons. The molecule has 0 aromatic heterocycles. The van der Waals surface area contributed by atoms with Crippen LogP contribution in [0.3, 0.4) is 0 Å². The van der Waals surface area contributed by atoms with Gasteiger partial charge in [0.15, 0.2) is 11.6 Å². The zero-order chi connectivity index (χ0) is 12.6. The average molecular weight is 234 g/mol. The highest BCUT2D eigenvalue weighted by Gasteiger charge is 2.15. The van der Waals surface area contributed by atoms with Gasteiger partial charge in [-0.25, -0.2) is 4.39 Å². The molecule has 0 aliphatic rings. The van der Waals surface area contributed by atoms with Gasteiger partial charge in [-0.15, -0.1) is 0 Å². The standard InChI is InChI=1S/C14H12F2O/c1-8-3-4-9(2)11(7-8)10-5-6-12(17)14(16)13(10)15/h3-7,17H,1-2H3. The molecule has 17 heavy (non-hydrogen) atoms. The van der Waals surface area contributed by atoms with Crippen LogP contribution in [0.1, 0.15) is 11.1 Å². The van der Waals surface area contributed by atoms with E-state index >= 15 is 0 Å². The third-order valence-corrected chi connectivity index (χ3v) is 2.75. The molecule has 3 heteroatoms. The highest BCUT2D eigenvalue weighted by molar-refractivity contribution is 5.69. The molecular weight excluding hydrogens is 222 g/mol. The van der Waals surface area contributed by atoms with Gasteiger partial charge in [0.05, 0.1) is 0 Å². The third-order valence-electron chi connectivity index (χ3n) is 2.75. The first-order valence-electron chi connectivity index (χ1n) is 5.25. The molecule has 0 fully saturated rings. The van der Waals surface area contributed by atoms with E-state index in [0.717, 1.165) is 17.2 Å². The maximum Gasteiger partial charge on any atom is 0.200 e. The van der Waals surface area contributed by atoms with Crippen molar-refractivity contribution >= 4 is 0 Å². The zero-order valence-corrected chi connectivity index (χ0v) is 9.59. The smallest absolute Gasteiger partial charge is 0.200 e. The van der Waals surface area contributed by atoms with Crippen LogP contribution >= 0.6 is 0 Å². The van der Waals surface area contributed by atoms with E-state index in [1.54, 1.807) is 6.07 Å². The number of hydrogen-bond donors (Lipinski definition) is 1. The molecule has 0 aliphatic carbocycles. The van der Waals surface area contributed by atoms with Gasteiger partial charge in [0.25, 0.3) is 0 Å². The second-order valence-electron chi connectivity index (χ2n) is 4.08. The van der Waals surface area contributed by atoms with Gasteiger partial charge < -0.3 is 5.11 Å². The molecule has 0 unspecified atom stereocenters. The Morgan fingerprint density at radius 1 is 0.882 bits per heavy atom. The first-order chi connectivity index (χ1) is 8.00. The van der Waals surface area contributed by atoms with Gasteiger partial charge in [0.2, 0.25) is 5.82 Å². The normalized spacial score (nSPS) is 10.6. The fraction of sp³-hybridized carbons (Fsp3) is 0.143. The Morgan fingerprint density at radius 2 is 1.59 bits per heavy atom. The van der Waals surface area contributed by atoms with Gasteiger partial charge in [-0.1, -0.05) is 23.8 Å². The summed E-state index contributed by atoms with van der Waals surface area (Å²) in [6.07, 6.45) is 0. The number of phenolic OH excluding ortho intramolecular Hbond substituents is 1. The third kappa shape index (κ3) is 2.00. The highest BCUT2D eigenvalue weighted by atomic mass is 19.2. The van der Waals surface area contributed by atoms with Crippen LogP contribution in [0, 0.1) is 25.5 Å². The first-order valence-corrected chi connectivity index (χ1v) is 5.25. The molecule has 0 spiro atoms. The van der Waals surface area contributed by atoms with Gasteiger partial charge in [-0.3, -0.25) is 0 Å². The molecule has 2 aromatic carbocycles. The molecule has 0 heterocycles. The van der Waals surface area contributed by atoms with Crippen LogP contribution in [0.25, 0.3) is 11.1 Å². The van der Waals surface area contributed by atoms with Crippen LogP contribution in [0.5, 0.6) is 5.75 Å². The minimum atomic E-state index is -1.21. The Bertz CT molecular complexity index is 577. The molecular formula is C14H12F2O. The van der Waals surface area contributed by atoms with Crippen LogP contribution in [0.15, 0.2) is 30.3 Å². The number of rotatable bonds is 1. The van der Waals surface area contributed by atoms with Crippen molar-refractivity contribution in [1.82, 2.24) is 0 Å². The van der Waals surface area contributed by atoms with Crippen LogP contribution in [0.2, 0.25) is 0 Å². The van der Waals surface area contributed by atoms with E-state index in [4.69, 9.17) is 5.11 Å². The number of phenols is 1. The summed E-state index contributed by atoms with van der Waals surface area (Å²) in [5, 5.41) is 9.08. The number of aromatic hydroxyl groups is 1. The summed E-state index contributed by atoms with van der Waals surface area (Å²) >= 11 is 0. The lowest BCUT2D eigenvalue weighted by molar-refractivity contribution is 0.408. The molecule has 2 aromatic rings. The Hall–Kier alpha value is -1.90. The van der Waals surface area contributed by atoms with Gasteiger partial charge in [0, 0.05) is 5.56 Å². The molecule has 0 aliphatic heterocycles. The highest BCUT2D eigenvalue weighted by Crippen LogP contribution is 2.31. The van der Waals surface area contributed by atoms with Crippen molar-refractivity contribution in [3.8, 4) is 16.9 Å². The second-order valence-corrected chi connectivity index (χ2v) is 4.08. The van der Waals surface area contributed by atoms with E-state index in [1.165, 1.54) is 6.07 Å². The molecule has 0 saturated carbocycles. The molecule has 1 nitrogen and oxygen atoms in total. The number of aryl methyl sites for hydroxylation is 2. The van der Waals surface area contributed by atoms with Crippen molar-refractivity contribution in [2.24, 2.45) is 0 Å². The van der Waals surface area contributed by atoms with Crippen molar-refractivity contribution < 1.29 is 13.9 Å². The van der Waals surface area contributed by atoms with E-state index in [0.29, 0.717) is 5.56 Å². The van der Waals surface area contributed by atoms with Gasteiger partial charge in [-0.05, 0) is 37.1 Å². The number of hydrogen-bond acceptors (Lipinski definition) is 1. The second kappa shape index (κ2) is 4.17. The minimum Gasteiger partial charge on any atom is -0.505 e. The van der Waals surface area contributed by atoms with E-state index < -0.39 is 17.4 Å². The van der Waals surface area contributed by atoms with Crippen LogP contribution in [-0.4, -0.2) is 5.11 Å². The summed E-state index contributed by atoms with van der Waals surface area (Å²) < 4.78 is 27.0. The Morgan fingerprint density at radius 3 is 2.29 bits per heavy atom. The summed E-state index contributed by atoms with van der Waals surface area (Å²) in [6, 6.07) is 8.11. The lowest BCUT2D eigenvalue weighted by atomic mass is 9.98. The summed E-state index contributed by atoms with van der Waals surface area (Å²) in [4.78, 5) is 0.